The van der Waals surface area contributed by atoms with Gasteiger partial charge in [0, 0.05) is 11.9 Å². The number of amides is 1. The number of hydrogen-bond donors (Lipinski definition) is 0. The molecule has 3 rings (SSSR count). The first-order valence-corrected chi connectivity index (χ1v) is 9.21. The third-order valence-electron chi connectivity index (χ3n) is 3.82. The second-order valence-corrected chi connectivity index (χ2v) is 7.27. The van der Waals surface area contributed by atoms with Gasteiger partial charge in [-0.1, -0.05) is 11.8 Å². The van der Waals surface area contributed by atoms with Gasteiger partial charge in [0.2, 0.25) is 5.91 Å². The Morgan fingerprint density at radius 1 is 1.36 bits per heavy atom. The lowest BCUT2D eigenvalue weighted by Crippen LogP contribution is -2.24. The van der Waals surface area contributed by atoms with Crippen molar-refractivity contribution in [2.24, 2.45) is 4.99 Å². The maximum Gasteiger partial charge on any atom is 0.341 e. The fraction of sp³-hybridized carbons (Fsp3) is 0.533. The monoisotopic (exact) mass is 338 g/mol. The van der Waals surface area contributed by atoms with Crippen molar-refractivity contribution in [3.63, 3.8) is 0 Å². The summed E-state index contributed by atoms with van der Waals surface area (Å²) in [5.74, 6) is 0.163. The zero-order chi connectivity index (χ0) is 15.7. The molecule has 7 heteroatoms. The van der Waals surface area contributed by atoms with Crippen LogP contribution in [0, 0.1) is 0 Å². The second kappa shape index (κ2) is 6.42. The SMILES string of the molecule is CCOC(=O)c1c(N=C2SCC(=O)N2C)sc2c1CCCC2. The summed E-state index contributed by atoms with van der Waals surface area (Å²) < 4.78 is 5.22. The van der Waals surface area contributed by atoms with Crippen LogP contribution in [0.3, 0.4) is 0 Å². The minimum absolute atomic E-state index is 0.0442. The second-order valence-electron chi connectivity index (χ2n) is 5.25. The van der Waals surface area contributed by atoms with E-state index in [0.29, 0.717) is 28.1 Å². The molecule has 0 N–H and O–H groups in total. The molecule has 1 aliphatic heterocycles. The summed E-state index contributed by atoms with van der Waals surface area (Å²) in [4.78, 5) is 31.4. The highest BCUT2D eigenvalue weighted by Crippen LogP contribution is 2.41. The average Bonchev–Trinajstić information content (AvgIpc) is 3.02. The number of aryl methyl sites for hydroxylation is 1. The van der Waals surface area contributed by atoms with Gasteiger partial charge in [0.1, 0.15) is 5.00 Å². The first kappa shape index (κ1) is 15.6. The fourth-order valence-electron chi connectivity index (χ4n) is 2.66. The maximum atomic E-state index is 12.3. The Balaban J connectivity index is 2.03. The smallest absolute Gasteiger partial charge is 0.341 e. The predicted octanol–water partition coefficient (Wildman–Crippen LogP) is 3.00. The minimum Gasteiger partial charge on any atom is -0.462 e. The first-order valence-electron chi connectivity index (χ1n) is 7.41. The number of rotatable bonds is 3. The molecular weight excluding hydrogens is 320 g/mol. The third kappa shape index (κ3) is 2.79. The average molecular weight is 338 g/mol. The van der Waals surface area contributed by atoms with Crippen LogP contribution in [0.4, 0.5) is 5.00 Å². The molecule has 2 heterocycles. The number of nitrogens with zero attached hydrogens (tertiary/aromatic N) is 2. The van der Waals surface area contributed by atoms with Gasteiger partial charge in [-0.3, -0.25) is 9.69 Å². The van der Waals surface area contributed by atoms with Crippen molar-refractivity contribution in [3.8, 4) is 0 Å². The molecule has 1 aromatic heterocycles. The van der Waals surface area contributed by atoms with Crippen LogP contribution in [0.5, 0.6) is 0 Å². The van der Waals surface area contributed by atoms with Gasteiger partial charge in [-0.15, -0.1) is 11.3 Å². The normalized spacial score (nSPS) is 19.6. The Kier molecular flexibility index (Phi) is 4.54. The molecule has 0 bridgehead atoms. The summed E-state index contributed by atoms with van der Waals surface area (Å²) in [5, 5.41) is 1.35. The first-order chi connectivity index (χ1) is 10.6. The number of aliphatic imine (C=N–C) groups is 1. The summed E-state index contributed by atoms with van der Waals surface area (Å²) in [6.07, 6.45) is 4.16. The number of thiophene rings is 1. The number of thioether (sulfide) groups is 1. The van der Waals surface area contributed by atoms with Crippen LogP contribution < -0.4 is 0 Å². The molecule has 0 atom stereocenters. The van der Waals surface area contributed by atoms with Crippen molar-refractivity contribution in [2.45, 2.75) is 32.6 Å². The van der Waals surface area contributed by atoms with E-state index in [1.54, 1.807) is 23.3 Å². The molecule has 1 aliphatic carbocycles. The van der Waals surface area contributed by atoms with Crippen LogP contribution in [0.25, 0.3) is 0 Å². The lowest BCUT2D eigenvalue weighted by molar-refractivity contribution is -0.123. The Hall–Kier alpha value is -1.34. The van der Waals surface area contributed by atoms with Crippen LogP contribution in [0.1, 0.15) is 40.6 Å². The highest BCUT2D eigenvalue weighted by atomic mass is 32.2. The number of esters is 1. The van der Waals surface area contributed by atoms with Crippen molar-refractivity contribution in [1.29, 1.82) is 0 Å². The van der Waals surface area contributed by atoms with Crippen molar-refractivity contribution in [2.75, 3.05) is 19.4 Å². The van der Waals surface area contributed by atoms with Crippen molar-refractivity contribution in [1.82, 2.24) is 4.90 Å². The van der Waals surface area contributed by atoms with Crippen LogP contribution in [0.2, 0.25) is 0 Å². The van der Waals surface area contributed by atoms with E-state index < -0.39 is 0 Å². The van der Waals surface area contributed by atoms with E-state index >= 15 is 0 Å². The fourth-order valence-corrected chi connectivity index (χ4v) is 4.87. The molecule has 1 fully saturated rings. The lowest BCUT2D eigenvalue weighted by Gasteiger charge is -2.12. The van der Waals surface area contributed by atoms with E-state index in [1.165, 1.54) is 16.6 Å². The van der Waals surface area contributed by atoms with Gasteiger partial charge in [0.05, 0.1) is 17.9 Å². The summed E-state index contributed by atoms with van der Waals surface area (Å²) in [5.41, 5.74) is 1.72. The van der Waals surface area contributed by atoms with E-state index in [1.807, 2.05) is 6.92 Å². The number of carbonyl (C=O) groups is 2. The summed E-state index contributed by atoms with van der Waals surface area (Å²) in [7, 11) is 1.72. The molecule has 1 saturated heterocycles. The predicted molar refractivity (Wildman–Crippen MR) is 89.2 cm³/mol. The molecule has 1 amide bonds. The summed E-state index contributed by atoms with van der Waals surface area (Å²) in [6, 6.07) is 0. The van der Waals surface area contributed by atoms with Crippen molar-refractivity contribution >= 4 is 45.1 Å². The summed E-state index contributed by atoms with van der Waals surface area (Å²) >= 11 is 2.98. The van der Waals surface area contributed by atoms with E-state index in [9.17, 15) is 9.59 Å². The molecule has 0 spiro atoms. The maximum absolute atomic E-state index is 12.3. The summed E-state index contributed by atoms with van der Waals surface area (Å²) in [6.45, 7) is 2.16. The molecule has 0 aromatic carbocycles. The van der Waals surface area contributed by atoms with E-state index in [4.69, 9.17) is 4.74 Å². The van der Waals surface area contributed by atoms with Gasteiger partial charge >= 0.3 is 5.97 Å². The van der Waals surface area contributed by atoms with Gasteiger partial charge < -0.3 is 4.74 Å². The number of ether oxygens (including phenoxy) is 1. The molecule has 5 nitrogen and oxygen atoms in total. The van der Waals surface area contributed by atoms with E-state index in [-0.39, 0.29) is 11.9 Å². The number of fused-ring (bicyclic) bond motifs is 1. The zero-order valence-electron chi connectivity index (χ0n) is 12.7. The van der Waals surface area contributed by atoms with E-state index in [2.05, 4.69) is 4.99 Å². The zero-order valence-corrected chi connectivity index (χ0v) is 14.3. The van der Waals surface area contributed by atoms with Gasteiger partial charge in [0.15, 0.2) is 5.17 Å². The third-order valence-corrected chi connectivity index (χ3v) is 6.02. The molecule has 2 aliphatic rings. The number of carbonyl (C=O) groups excluding carboxylic acids is 2. The van der Waals surface area contributed by atoms with Crippen molar-refractivity contribution in [3.05, 3.63) is 16.0 Å². The highest BCUT2D eigenvalue weighted by Gasteiger charge is 2.29. The van der Waals surface area contributed by atoms with Crippen molar-refractivity contribution < 1.29 is 14.3 Å². The molecule has 0 unspecified atom stereocenters. The molecular formula is C15H18N2O3S2. The van der Waals surface area contributed by atoms with E-state index in [0.717, 1.165) is 31.2 Å². The van der Waals surface area contributed by atoms with Crippen LogP contribution in [0.15, 0.2) is 4.99 Å². The Morgan fingerprint density at radius 2 is 2.14 bits per heavy atom. The van der Waals surface area contributed by atoms with Crippen LogP contribution >= 0.6 is 23.1 Å². The highest BCUT2D eigenvalue weighted by molar-refractivity contribution is 8.15. The number of hydrogen-bond acceptors (Lipinski definition) is 6. The quantitative estimate of drug-likeness (QED) is 0.795. The van der Waals surface area contributed by atoms with Gasteiger partial charge in [-0.25, -0.2) is 9.79 Å². The Bertz CT molecular complexity index is 651. The topological polar surface area (TPSA) is 59.0 Å². The van der Waals surface area contributed by atoms with Gasteiger partial charge in [-0.2, -0.15) is 0 Å². The molecule has 0 radical (unpaired) electrons. The molecule has 0 saturated carbocycles. The molecule has 118 valence electrons. The Labute approximate surface area is 137 Å². The lowest BCUT2D eigenvalue weighted by atomic mass is 9.95. The minimum atomic E-state index is -0.293. The molecule has 22 heavy (non-hydrogen) atoms. The number of amidine groups is 1. The van der Waals surface area contributed by atoms with Crippen LogP contribution in [-0.4, -0.2) is 41.4 Å². The largest absolute Gasteiger partial charge is 0.462 e. The standard InChI is InChI=1S/C15H18N2O3S2/c1-3-20-14(19)12-9-6-4-5-7-10(9)22-13(12)16-15-17(2)11(18)8-21-15/h3-8H2,1-2H3. The Morgan fingerprint density at radius 3 is 2.82 bits per heavy atom. The van der Waals surface area contributed by atoms with Gasteiger partial charge in [0.25, 0.3) is 0 Å². The van der Waals surface area contributed by atoms with Gasteiger partial charge in [-0.05, 0) is 38.2 Å². The van der Waals surface area contributed by atoms with Crippen LogP contribution in [-0.2, 0) is 22.4 Å². The molecule has 1 aromatic rings.